The van der Waals surface area contributed by atoms with Gasteiger partial charge in [-0.25, -0.2) is 12.4 Å². The van der Waals surface area contributed by atoms with E-state index in [9.17, 15) is 13.2 Å². The Balaban J connectivity index is 1.74. The first-order valence-corrected chi connectivity index (χ1v) is 12.6. The lowest BCUT2D eigenvalue weighted by Crippen LogP contribution is -2.24. The van der Waals surface area contributed by atoms with Crippen molar-refractivity contribution in [3.63, 3.8) is 0 Å². The van der Waals surface area contributed by atoms with Crippen molar-refractivity contribution in [3.05, 3.63) is 142 Å². The SMILES string of the molecule is Cn1cc(C(c2ccccc2)c2ccccc2)c2ccn(S(=O)(=O)Cc3ccccc3)c2c1=O. The molecule has 5 nitrogen and oxygen atoms in total. The minimum absolute atomic E-state index is 0.163. The molecule has 170 valence electrons. The van der Waals surface area contributed by atoms with Crippen LogP contribution in [0.3, 0.4) is 0 Å². The molecule has 2 aromatic heterocycles. The number of hydrogen-bond donors (Lipinski definition) is 0. The van der Waals surface area contributed by atoms with Crippen molar-refractivity contribution < 1.29 is 8.42 Å². The number of nitrogens with zero attached hydrogens (tertiary/aromatic N) is 2. The fourth-order valence-electron chi connectivity index (χ4n) is 4.52. The second-order valence-electron chi connectivity index (χ2n) is 8.37. The number of hydrogen-bond acceptors (Lipinski definition) is 3. The maximum atomic E-state index is 13.4. The van der Waals surface area contributed by atoms with E-state index in [-0.39, 0.29) is 22.7 Å². The van der Waals surface area contributed by atoms with Crippen molar-refractivity contribution in [1.29, 1.82) is 0 Å². The molecule has 0 amide bonds. The Morgan fingerprint density at radius 1 is 0.765 bits per heavy atom. The topological polar surface area (TPSA) is 61.1 Å². The standard InChI is InChI=1S/C28H24N2O3S/c1-29-19-25(26(22-13-7-3-8-14-22)23-15-9-4-10-16-23)24-17-18-30(27(24)28(29)31)34(32,33)20-21-11-5-2-6-12-21/h2-19,26H,20H2,1H3. The van der Waals surface area contributed by atoms with Crippen LogP contribution < -0.4 is 5.56 Å². The number of fused-ring (bicyclic) bond motifs is 1. The molecule has 0 aliphatic heterocycles. The number of benzene rings is 3. The van der Waals surface area contributed by atoms with Gasteiger partial charge in [0.1, 0.15) is 5.52 Å². The van der Waals surface area contributed by atoms with E-state index >= 15 is 0 Å². The van der Waals surface area contributed by atoms with E-state index in [0.29, 0.717) is 10.9 Å². The molecular formula is C28H24N2O3S. The Labute approximate surface area is 198 Å². The number of rotatable bonds is 6. The Hall–Kier alpha value is -3.90. The molecule has 0 saturated heterocycles. The average molecular weight is 469 g/mol. The number of aryl methyl sites for hydroxylation is 1. The van der Waals surface area contributed by atoms with Crippen LogP contribution in [0.4, 0.5) is 0 Å². The van der Waals surface area contributed by atoms with Crippen LogP contribution in [0.15, 0.2) is 114 Å². The molecule has 2 heterocycles. The highest BCUT2D eigenvalue weighted by Gasteiger charge is 2.25. The summed E-state index contributed by atoms with van der Waals surface area (Å²) >= 11 is 0. The quantitative estimate of drug-likeness (QED) is 0.356. The molecule has 5 rings (SSSR count). The van der Waals surface area contributed by atoms with Crippen molar-refractivity contribution >= 4 is 20.9 Å². The molecule has 0 aliphatic carbocycles. The van der Waals surface area contributed by atoms with E-state index in [0.717, 1.165) is 20.7 Å². The fourth-order valence-corrected chi connectivity index (χ4v) is 5.97. The van der Waals surface area contributed by atoms with Crippen molar-refractivity contribution in [2.45, 2.75) is 11.7 Å². The lowest BCUT2D eigenvalue weighted by atomic mass is 9.84. The van der Waals surface area contributed by atoms with Crippen LogP contribution in [0.1, 0.15) is 28.2 Å². The molecule has 3 aromatic carbocycles. The first-order valence-electron chi connectivity index (χ1n) is 11.0. The van der Waals surface area contributed by atoms with Gasteiger partial charge in [0.2, 0.25) is 10.0 Å². The second-order valence-corrected chi connectivity index (χ2v) is 10.2. The van der Waals surface area contributed by atoms with Gasteiger partial charge < -0.3 is 4.57 Å². The summed E-state index contributed by atoms with van der Waals surface area (Å²) in [5, 5.41) is 0.637. The van der Waals surface area contributed by atoms with Gasteiger partial charge in [0.25, 0.3) is 5.56 Å². The number of pyridine rings is 1. The van der Waals surface area contributed by atoms with Crippen LogP contribution in [-0.2, 0) is 22.8 Å². The Morgan fingerprint density at radius 2 is 1.29 bits per heavy atom. The van der Waals surface area contributed by atoms with Gasteiger partial charge in [-0.3, -0.25) is 4.79 Å². The van der Waals surface area contributed by atoms with Crippen molar-refractivity contribution in [2.75, 3.05) is 0 Å². The molecule has 0 aliphatic rings. The molecule has 0 radical (unpaired) electrons. The molecule has 6 heteroatoms. The second kappa shape index (κ2) is 8.80. The van der Waals surface area contributed by atoms with E-state index in [1.54, 1.807) is 37.4 Å². The first-order chi connectivity index (χ1) is 16.5. The lowest BCUT2D eigenvalue weighted by Gasteiger charge is -2.21. The minimum Gasteiger partial charge on any atom is -0.316 e. The van der Waals surface area contributed by atoms with Crippen LogP contribution in [0, 0.1) is 0 Å². The van der Waals surface area contributed by atoms with Crippen LogP contribution in [0.5, 0.6) is 0 Å². The maximum Gasteiger partial charge on any atom is 0.275 e. The molecular weight excluding hydrogens is 444 g/mol. The molecule has 34 heavy (non-hydrogen) atoms. The molecule has 0 atom stereocenters. The van der Waals surface area contributed by atoms with Crippen LogP contribution in [0.25, 0.3) is 10.9 Å². The van der Waals surface area contributed by atoms with Gasteiger partial charge in [0.05, 0.1) is 5.75 Å². The molecule has 0 fully saturated rings. The predicted octanol–water partition coefficient (Wildman–Crippen LogP) is 4.90. The lowest BCUT2D eigenvalue weighted by molar-refractivity contribution is 0.588. The third kappa shape index (κ3) is 3.97. The summed E-state index contributed by atoms with van der Waals surface area (Å²) in [5.41, 5.74) is 3.50. The predicted molar refractivity (Wildman–Crippen MR) is 135 cm³/mol. The van der Waals surface area contributed by atoms with Gasteiger partial charge >= 0.3 is 0 Å². The summed E-state index contributed by atoms with van der Waals surface area (Å²) in [6, 6.07) is 30.8. The zero-order valence-electron chi connectivity index (χ0n) is 18.7. The largest absolute Gasteiger partial charge is 0.316 e. The summed E-state index contributed by atoms with van der Waals surface area (Å²) in [4.78, 5) is 13.2. The monoisotopic (exact) mass is 468 g/mol. The maximum absolute atomic E-state index is 13.4. The minimum atomic E-state index is -3.80. The van der Waals surface area contributed by atoms with Crippen molar-refractivity contribution in [3.8, 4) is 0 Å². The zero-order valence-corrected chi connectivity index (χ0v) is 19.5. The molecule has 0 saturated carbocycles. The molecule has 0 unspecified atom stereocenters. The smallest absolute Gasteiger partial charge is 0.275 e. The Morgan fingerprint density at radius 3 is 1.85 bits per heavy atom. The zero-order chi connectivity index (χ0) is 23.7. The van der Waals surface area contributed by atoms with Crippen molar-refractivity contribution in [2.24, 2.45) is 7.05 Å². The molecule has 5 aromatic rings. The molecule has 0 bridgehead atoms. The third-order valence-corrected chi connectivity index (χ3v) is 7.69. The summed E-state index contributed by atoms with van der Waals surface area (Å²) < 4.78 is 29.4. The van der Waals surface area contributed by atoms with Crippen LogP contribution in [-0.4, -0.2) is 17.0 Å². The normalized spacial score (nSPS) is 11.8. The van der Waals surface area contributed by atoms with Gasteiger partial charge in [-0.05, 0) is 28.3 Å². The van der Waals surface area contributed by atoms with E-state index in [1.165, 1.54) is 10.8 Å². The Kier molecular flexibility index (Phi) is 5.67. The summed E-state index contributed by atoms with van der Waals surface area (Å²) in [5.74, 6) is -0.351. The highest BCUT2D eigenvalue weighted by molar-refractivity contribution is 7.89. The van der Waals surface area contributed by atoms with E-state index in [4.69, 9.17) is 0 Å². The van der Waals surface area contributed by atoms with Crippen molar-refractivity contribution in [1.82, 2.24) is 8.54 Å². The summed E-state index contributed by atoms with van der Waals surface area (Å²) in [7, 11) is -2.14. The third-order valence-electron chi connectivity index (χ3n) is 6.09. The first kappa shape index (κ1) is 21.9. The van der Waals surface area contributed by atoms with Gasteiger partial charge in [-0.15, -0.1) is 0 Å². The van der Waals surface area contributed by atoms with Gasteiger partial charge in [-0.2, -0.15) is 0 Å². The fraction of sp³-hybridized carbons (Fsp3) is 0.107. The summed E-state index contributed by atoms with van der Waals surface area (Å²) in [6.45, 7) is 0. The average Bonchev–Trinajstić information content (AvgIpc) is 3.31. The van der Waals surface area contributed by atoms with E-state index in [1.807, 2.05) is 48.7 Å². The number of aromatic nitrogens is 2. The molecule has 0 spiro atoms. The summed E-state index contributed by atoms with van der Waals surface area (Å²) in [6.07, 6.45) is 3.32. The molecule has 0 N–H and O–H groups in total. The Bertz CT molecular complexity index is 1570. The van der Waals surface area contributed by atoms with E-state index in [2.05, 4.69) is 24.3 Å². The van der Waals surface area contributed by atoms with Gasteiger partial charge in [0, 0.05) is 30.7 Å². The van der Waals surface area contributed by atoms with E-state index < -0.39 is 10.0 Å². The highest BCUT2D eigenvalue weighted by Crippen LogP contribution is 2.35. The van der Waals surface area contributed by atoms with Gasteiger partial charge in [-0.1, -0.05) is 91.0 Å². The van der Waals surface area contributed by atoms with Crippen LogP contribution in [0.2, 0.25) is 0 Å². The van der Waals surface area contributed by atoms with Crippen LogP contribution >= 0.6 is 0 Å². The van der Waals surface area contributed by atoms with Gasteiger partial charge in [0.15, 0.2) is 0 Å². The highest BCUT2D eigenvalue weighted by atomic mass is 32.2.